The molecule has 0 heterocycles. The van der Waals surface area contributed by atoms with E-state index in [1.807, 2.05) is 37.3 Å². The van der Waals surface area contributed by atoms with Crippen LogP contribution in [0.3, 0.4) is 0 Å². The van der Waals surface area contributed by atoms with Gasteiger partial charge < -0.3 is 20.7 Å². The van der Waals surface area contributed by atoms with Crippen LogP contribution in [0.4, 0.5) is 0 Å². The number of nitrogens with zero attached hydrogens (tertiary/aromatic N) is 1. The Hall–Kier alpha value is -3.02. The first-order chi connectivity index (χ1) is 12.7. The molecular weight excluding hydrogens is 328 g/mol. The second kappa shape index (κ2) is 10.8. The second-order valence-corrected chi connectivity index (χ2v) is 5.59. The molecule has 0 fully saturated rings. The second-order valence-electron chi connectivity index (χ2n) is 5.59. The first kappa shape index (κ1) is 19.3. The Morgan fingerprint density at radius 3 is 2.31 bits per heavy atom. The van der Waals surface area contributed by atoms with Crippen LogP contribution in [0.25, 0.3) is 0 Å². The minimum absolute atomic E-state index is 0.110. The van der Waals surface area contributed by atoms with Crippen molar-refractivity contribution in [1.82, 2.24) is 16.0 Å². The molecule has 138 valence electrons. The zero-order valence-corrected chi connectivity index (χ0v) is 15.3. The van der Waals surface area contributed by atoms with E-state index in [0.717, 1.165) is 23.8 Å². The van der Waals surface area contributed by atoms with Crippen molar-refractivity contribution in [3.63, 3.8) is 0 Å². The largest absolute Gasteiger partial charge is 0.497 e. The van der Waals surface area contributed by atoms with E-state index < -0.39 is 0 Å². The van der Waals surface area contributed by atoms with E-state index in [4.69, 9.17) is 4.74 Å². The van der Waals surface area contributed by atoms with Crippen LogP contribution >= 0.6 is 0 Å². The molecule has 0 bridgehead atoms. The molecule has 0 radical (unpaired) electrons. The Labute approximate surface area is 154 Å². The summed E-state index contributed by atoms with van der Waals surface area (Å²) in [5.41, 5.74) is 1.76. The molecule has 26 heavy (non-hydrogen) atoms. The SMILES string of the molecule is CCNC(=NCc1ccccc1)NCCNC(=O)c1ccc(OC)cc1. The van der Waals surface area contributed by atoms with Crippen LogP contribution in [0.1, 0.15) is 22.8 Å². The average Bonchev–Trinajstić information content (AvgIpc) is 2.70. The van der Waals surface area contributed by atoms with Gasteiger partial charge in [-0.05, 0) is 36.8 Å². The fraction of sp³-hybridized carbons (Fsp3) is 0.300. The molecule has 0 unspecified atom stereocenters. The molecule has 3 N–H and O–H groups in total. The Bertz CT molecular complexity index is 700. The normalized spacial score (nSPS) is 10.9. The molecule has 6 nitrogen and oxygen atoms in total. The van der Waals surface area contributed by atoms with Gasteiger partial charge in [0.15, 0.2) is 5.96 Å². The van der Waals surface area contributed by atoms with Crippen LogP contribution in [0, 0.1) is 0 Å². The van der Waals surface area contributed by atoms with Gasteiger partial charge in [-0.25, -0.2) is 4.99 Å². The number of guanidine groups is 1. The fourth-order valence-corrected chi connectivity index (χ4v) is 2.30. The summed E-state index contributed by atoms with van der Waals surface area (Å²) in [5.74, 6) is 1.35. The van der Waals surface area contributed by atoms with Crippen LogP contribution in [0.15, 0.2) is 59.6 Å². The van der Waals surface area contributed by atoms with Gasteiger partial charge in [0.2, 0.25) is 0 Å². The van der Waals surface area contributed by atoms with E-state index in [0.29, 0.717) is 25.2 Å². The quantitative estimate of drug-likeness (QED) is 0.386. The van der Waals surface area contributed by atoms with Crippen molar-refractivity contribution in [2.24, 2.45) is 4.99 Å². The predicted molar refractivity (Wildman–Crippen MR) is 105 cm³/mol. The van der Waals surface area contributed by atoms with Crippen LogP contribution in [-0.4, -0.2) is 38.6 Å². The highest BCUT2D eigenvalue weighted by Gasteiger charge is 2.05. The number of carbonyl (C=O) groups is 1. The number of methoxy groups -OCH3 is 1. The van der Waals surface area contributed by atoms with E-state index in [1.165, 1.54) is 0 Å². The highest BCUT2D eigenvalue weighted by molar-refractivity contribution is 5.94. The monoisotopic (exact) mass is 354 g/mol. The molecule has 1 amide bonds. The average molecular weight is 354 g/mol. The number of ether oxygens (including phenoxy) is 1. The van der Waals surface area contributed by atoms with Gasteiger partial charge in [-0.2, -0.15) is 0 Å². The molecule has 6 heteroatoms. The highest BCUT2D eigenvalue weighted by atomic mass is 16.5. The summed E-state index contributed by atoms with van der Waals surface area (Å²) in [5, 5.41) is 9.30. The molecule has 0 aliphatic heterocycles. The van der Waals surface area contributed by atoms with Crippen molar-refractivity contribution in [3.05, 3.63) is 65.7 Å². The summed E-state index contributed by atoms with van der Waals surface area (Å²) in [6.45, 7) is 4.49. The number of aliphatic imine (C=N–C) groups is 1. The standard InChI is InChI=1S/C20H26N4O2/c1-3-21-20(24-15-16-7-5-4-6-8-16)23-14-13-22-19(25)17-9-11-18(26-2)12-10-17/h4-12H,3,13-15H2,1-2H3,(H,22,25)(H2,21,23,24). The minimum atomic E-state index is -0.110. The molecular formula is C20H26N4O2. The summed E-state index contributed by atoms with van der Waals surface area (Å²) >= 11 is 0. The van der Waals surface area contributed by atoms with E-state index in [2.05, 4.69) is 20.9 Å². The topological polar surface area (TPSA) is 74.8 Å². The third-order valence-electron chi connectivity index (χ3n) is 3.66. The maximum atomic E-state index is 12.1. The Morgan fingerprint density at radius 1 is 0.962 bits per heavy atom. The van der Waals surface area contributed by atoms with Crippen LogP contribution in [0.2, 0.25) is 0 Å². The maximum Gasteiger partial charge on any atom is 0.251 e. The molecule has 2 aromatic rings. The molecule has 0 saturated heterocycles. The molecule has 0 atom stereocenters. The van der Waals surface area contributed by atoms with Crippen molar-refractivity contribution in [2.75, 3.05) is 26.7 Å². The zero-order valence-electron chi connectivity index (χ0n) is 15.3. The van der Waals surface area contributed by atoms with Gasteiger partial charge in [0, 0.05) is 25.2 Å². The maximum absolute atomic E-state index is 12.1. The predicted octanol–water partition coefficient (Wildman–Crippen LogP) is 2.18. The first-order valence-electron chi connectivity index (χ1n) is 8.71. The summed E-state index contributed by atoms with van der Waals surface area (Å²) in [6.07, 6.45) is 0. The first-order valence-corrected chi connectivity index (χ1v) is 8.71. The number of hydrogen-bond donors (Lipinski definition) is 3. The Kier molecular flexibility index (Phi) is 7.99. The van der Waals surface area contributed by atoms with Gasteiger partial charge in [0.1, 0.15) is 5.75 Å². The number of rotatable bonds is 8. The third kappa shape index (κ3) is 6.47. The number of hydrogen-bond acceptors (Lipinski definition) is 3. The minimum Gasteiger partial charge on any atom is -0.497 e. The third-order valence-corrected chi connectivity index (χ3v) is 3.66. The Morgan fingerprint density at radius 2 is 1.65 bits per heavy atom. The van der Waals surface area contributed by atoms with E-state index in [9.17, 15) is 4.79 Å². The van der Waals surface area contributed by atoms with Crippen molar-refractivity contribution < 1.29 is 9.53 Å². The van der Waals surface area contributed by atoms with Gasteiger partial charge in [0.05, 0.1) is 13.7 Å². The summed E-state index contributed by atoms with van der Waals surface area (Å²) in [4.78, 5) is 16.6. The highest BCUT2D eigenvalue weighted by Crippen LogP contribution is 2.10. The molecule has 0 aliphatic rings. The Balaban J connectivity index is 1.77. The van der Waals surface area contributed by atoms with Gasteiger partial charge >= 0.3 is 0 Å². The van der Waals surface area contributed by atoms with E-state index in [-0.39, 0.29) is 5.91 Å². The number of benzene rings is 2. The van der Waals surface area contributed by atoms with Crippen LogP contribution in [-0.2, 0) is 6.54 Å². The number of nitrogens with one attached hydrogen (secondary N) is 3. The lowest BCUT2D eigenvalue weighted by molar-refractivity contribution is 0.0954. The van der Waals surface area contributed by atoms with E-state index in [1.54, 1.807) is 31.4 Å². The van der Waals surface area contributed by atoms with Gasteiger partial charge in [-0.15, -0.1) is 0 Å². The van der Waals surface area contributed by atoms with Crippen molar-refractivity contribution in [3.8, 4) is 5.75 Å². The molecule has 0 aliphatic carbocycles. The number of carbonyl (C=O) groups excluding carboxylic acids is 1. The summed E-state index contributed by atoms with van der Waals surface area (Å²) < 4.78 is 5.09. The number of amides is 1. The molecule has 0 aromatic heterocycles. The van der Waals surface area contributed by atoms with Crippen molar-refractivity contribution >= 4 is 11.9 Å². The molecule has 2 rings (SSSR count). The van der Waals surface area contributed by atoms with Crippen LogP contribution in [0.5, 0.6) is 5.75 Å². The molecule has 2 aromatic carbocycles. The van der Waals surface area contributed by atoms with Gasteiger partial charge in [-0.3, -0.25) is 4.79 Å². The van der Waals surface area contributed by atoms with Gasteiger partial charge in [0.25, 0.3) is 5.91 Å². The summed E-state index contributed by atoms with van der Waals surface area (Å²) in [6, 6.07) is 17.1. The molecule has 0 spiro atoms. The zero-order chi connectivity index (χ0) is 18.6. The van der Waals surface area contributed by atoms with E-state index >= 15 is 0 Å². The lowest BCUT2D eigenvalue weighted by Crippen LogP contribution is -2.41. The van der Waals surface area contributed by atoms with Crippen molar-refractivity contribution in [1.29, 1.82) is 0 Å². The summed E-state index contributed by atoms with van der Waals surface area (Å²) in [7, 11) is 1.60. The lowest BCUT2D eigenvalue weighted by atomic mass is 10.2. The smallest absolute Gasteiger partial charge is 0.251 e. The fourth-order valence-electron chi connectivity index (χ4n) is 2.30. The van der Waals surface area contributed by atoms with Crippen molar-refractivity contribution in [2.45, 2.75) is 13.5 Å². The van der Waals surface area contributed by atoms with Gasteiger partial charge in [-0.1, -0.05) is 30.3 Å². The molecule has 0 saturated carbocycles. The lowest BCUT2D eigenvalue weighted by Gasteiger charge is -2.12. The van der Waals surface area contributed by atoms with Crippen LogP contribution < -0.4 is 20.7 Å².